The zero-order valence-corrected chi connectivity index (χ0v) is 13.4. The molecule has 2 aromatic rings. The minimum absolute atomic E-state index is 0.0375. The van der Waals surface area contributed by atoms with Gasteiger partial charge in [0.15, 0.2) is 0 Å². The first-order chi connectivity index (χ1) is 10.5. The fourth-order valence-corrected chi connectivity index (χ4v) is 3.17. The first-order valence-corrected chi connectivity index (χ1v) is 7.76. The third-order valence-corrected chi connectivity index (χ3v) is 4.32. The van der Waals surface area contributed by atoms with E-state index in [1.54, 1.807) is 0 Å². The van der Waals surface area contributed by atoms with Gasteiger partial charge in [0.2, 0.25) is 5.91 Å². The number of nitrogens with zero attached hydrogens (tertiary/aromatic N) is 1. The molecule has 1 aliphatic rings. The third kappa shape index (κ3) is 2.84. The van der Waals surface area contributed by atoms with Gasteiger partial charge in [-0.1, -0.05) is 35.9 Å². The fraction of sp³-hybridized carbons (Fsp3) is 0.316. The number of aryl methyl sites for hydroxylation is 2. The van der Waals surface area contributed by atoms with Crippen LogP contribution >= 0.6 is 0 Å². The molecule has 0 aromatic heterocycles. The molecule has 1 amide bonds. The molecule has 0 saturated carbocycles. The van der Waals surface area contributed by atoms with Crippen LogP contribution in [0, 0.1) is 13.8 Å². The van der Waals surface area contributed by atoms with Crippen molar-refractivity contribution in [3.05, 3.63) is 59.2 Å². The molecule has 0 aliphatic carbocycles. The zero-order chi connectivity index (χ0) is 15.7. The van der Waals surface area contributed by atoms with E-state index in [2.05, 4.69) is 48.3 Å². The van der Waals surface area contributed by atoms with Gasteiger partial charge in [-0.25, -0.2) is 0 Å². The molecule has 1 N–H and O–H groups in total. The number of carbonyl (C=O) groups excluding carboxylic acids is 1. The number of benzene rings is 2. The van der Waals surface area contributed by atoms with Crippen molar-refractivity contribution in [1.82, 2.24) is 0 Å². The number of hydrogen-bond donors (Lipinski definition) is 1. The number of anilines is 2. The first-order valence-electron chi connectivity index (χ1n) is 7.76. The van der Waals surface area contributed by atoms with Crippen molar-refractivity contribution in [2.75, 3.05) is 16.8 Å². The molecule has 1 aliphatic heterocycles. The summed E-state index contributed by atoms with van der Waals surface area (Å²) in [6.45, 7) is 6.65. The lowest BCUT2D eigenvalue weighted by Gasteiger charge is -2.24. The molecule has 1 atom stereocenters. The Bertz CT molecular complexity index is 708. The van der Waals surface area contributed by atoms with Crippen molar-refractivity contribution in [1.29, 1.82) is 0 Å². The van der Waals surface area contributed by atoms with Crippen LogP contribution in [0.2, 0.25) is 0 Å². The number of para-hydroxylation sites is 1. The van der Waals surface area contributed by atoms with E-state index >= 15 is 0 Å². The zero-order valence-electron chi connectivity index (χ0n) is 13.4. The average Bonchev–Trinajstić information content (AvgIpc) is 2.78. The quantitative estimate of drug-likeness (QED) is 0.936. The number of nitrogens with one attached hydrogen (secondary N) is 1. The Morgan fingerprint density at radius 1 is 1.23 bits per heavy atom. The van der Waals surface area contributed by atoms with Crippen LogP contribution in [-0.4, -0.2) is 18.5 Å². The van der Waals surface area contributed by atoms with E-state index in [-0.39, 0.29) is 5.91 Å². The maximum atomic E-state index is 12.4. The minimum atomic E-state index is 0.0375. The van der Waals surface area contributed by atoms with Crippen molar-refractivity contribution >= 4 is 17.3 Å². The Labute approximate surface area is 132 Å². The van der Waals surface area contributed by atoms with E-state index in [1.807, 2.05) is 25.1 Å². The van der Waals surface area contributed by atoms with Crippen LogP contribution in [0.25, 0.3) is 0 Å². The van der Waals surface area contributed by atoms with Crippen LogP contribution in [0.1, 0.15) is 23.6 Å². The van der Waals surface area contributed by atoms with E-state index < -0.39 is 0 Å². The van der Waals surface area contributed by atoms with Crippen LogP contribution in [0.15, 0.2) is 42.5 Å². The van der Waals surface area contributed by atoms with Crippen LogP contribution < -0.4 is 10.2 Å². The van der Waals surface area contributed by atoms with Gasteiger partial charge in [0.05, 0.1) is 6.54 Å². The highest BCUT2D eigenvalue weighted by molar-refractivity contribution is 5.95. The molecule has 3 rings (SSSR count). The highest BCUT2D eigenvalue weighted by Gasteiger charge is 2.27. The molecule has 0 fully saturated rings. The lowest BCUT2D eigenvalue weighted by atomic mass is 10.1. The van der Waals surface area contributed by atoms with Gasteiger partial charge in [-0.3, -0.25) is 4.79 Å². The molecule has 0 spiro atoms. The Morgan fingerprint density at radius 2 is 2.00 bits per heavy atom. The number of amides is 1. The van der Waals surface area contributed by atoms with Gasteiger partial charge in [-0.05, 0) is 50.5 Å². The maximum Gasteiger partial charge on any atom is 0.243 e. The van der Waals surface area contributed by atoms with Gasteiger partial charge in [-0.2, -0.15) is 0 Å². The van der Waals surface area contributed by atoms with Gasteiger partial charge < -0.3 is 10.2 Å². The molecular formula is C19H22N2O. The second-order valence-electron chi connectivity index (χ2n) is 6.18. The maximum absolute atomic E-state index is 12.4. The highest BCUT2D eigenvalue weighted by atomic mass is 16.2. The molecule has 3 heteroatoms. The second-order valence-corrected chi connectivity index (χ2v) is 6.18. The molecule has 3 nitrogen and oxygen atoms in total. The Balaban J connectivity index is 1.72. The van der Waals surface area contributed by atoms with Gasteiger partial charge in [0.25, 0.3) is 0 Å². The summed E-state index contributed by atoms with van der Waals surface area (Å²) in [5.74, 6) is 0.0375. The predicted octanol–water partition coefficient (Wildman–Crippen LogP) is 3.69. The number of fused-ring (bicyclic) bond motifs is 1. The number of carbonyl (C=O) groups is 1. The summed E-state index contributed by atoms with van der Waals surface area (Å²) in [4.78, 5) is 14.6. The SMILES string of the molecule is Cc1ccc(NC(=O)CN2c3ccccc3CC2C)c(C)c1. The molecule has 1 heterocycles. The number of hydrogen-bond acceptors (Lipinski definition) is 2. The van der Waals surface area contributed by atoms with E-state index in [4.69, 9.17) is 0 Å². The van der Waals surface area contributed by atoms with Crippen LogP contribution in [0.3, 0.4) is 0 Å². The summed E-state index contributed by atoms with van der Waals surface area (Å²) in [6.07, 6.45) is 1.01. The van der Waals surface area contributed by atoms with Crippen LogP contribution in [0.5, 0.6) is 0 Å². The standard InChI is InChI=1S/C19H22N2O/c1-13-8-9-17(14(2)10-13)20-19(22)12-21-15(3)11-16-6-4-5-7-18(16)21/h4-10,15H,11-12H2,1-3H3,(H,20,22). The fourth-order valence-electron chi connectivity index (χ4n) is 3.17. The van der Waals surface area contributed by atoms with Crippen molar-refractivity contribution in [2.24, 2.45) is 0 Å². The van der Waals surface area contributed by atoms with Gasteiger partial charge >= 0.3 is 0 Å². The monoisotopic (exact) mass is 294 g/mol. The Hall–Kier alpha value is -2.29. The topological polar surface area (TPSA) is 32.3 Å². The molecule has 1 unspecified atom stereocenters. The molecule has 114 valence electrons. The second kappa shape index (κ2) is 5.84. The third-order valence-electron chi connectivity index (χ3n) is 4.32. The summed E-state index contributed by atoms with van der Waals surface area (Å²) >= 11 is 0. The van der Waals surface area contributed by atoms with Gasteiger partial charge in [0.1, 0.15) is 0 Å². The molecule has 0 saturated heterocycles. The average molecular weight is 294 g/mol. The molecule has 2 aromatic carbocycles. The summed E-state index contributed by atoms with van der Waals surface area (Å²) in [5.41, 5.74) is 5.72. The summed E-state index contributed by atoms with van der Waals surface area (Å²) in [5, 5.41) is 3.04. The molecular weight excluding hydrogens is 272 g/mol. The smallest absolute Gasteiger partial charge is 0.243 e. The summed E-state index contributed by atoms with van der Waals surface area (Å²) in [6, 6.07) is 14.8. The van der Waals surface area contributed by atoms with Crippen molar-refractivity contribution in [2.45, 2.75) is 33.2 Å². The molecule has 0 radical (unpaired) electrons. The first kappa shape index (κ1) is 14.6. The Kier molecular flexibility index (Phi) is 3.88. The largest absolute Gasteiger partial charge is 0.359 e. The van der Waals surface area contributed by atoms with Crippen LogP contribution in [0.4, 0.5) is 11.4 Å². The van der Waals surface area contributed by atoms with E-state index in [0.29, 0.717) is 12.6 Å². The van der Waals surface area contributed by atoms with Crippen molar-refractivity contribution < 1.29 is 4.79 Å². The van der Waals surface area contributed by atoms with Crippen LogP contribution in [-0.2, 0) is 11.2 Å². The van der Waals surface area contributed by atoms with Gasteiger partial charge in [-0.15, -0.1) is 0 Å². The summed E-state index contributed by atoms with van der Waals surface area (Å²) in [7, 11) is 0. The van der Waals surface area contributed by atoms with Crippen molar-refractivity contribution in [3.63, 3.8) is 0 Å². The van der Waals surface area contributed by atoms with Crippen molar-refractivity contribution in [3.8, 4) is 0 Å². The number of rotatable bonds is 3. The van der Waals surface area contributed by atoms with Gasteiger partial charge in [0, 0.05) is 17.4 Å². The highest BCUT2D eigenvalue weighted by Crippen LogP contribution is 2.31. The normalized spacial score (nSPS) is 16.5. The molecule has 22 heavy (non-hydrogen) atoms. The summed E-state index contributed by atoms with van der Waals surface area (Å²) < 4.78 is 0. The van der Waals surface area contributed by atoms with E-state index in [0.717, 1.165) is 17.7 Å². The lowest BCUT2D eigenvalue weighted by molar-refractivity contribution is -0.115. The van der Waals surface area contributed by atoms with E-state index in [9.17, 15) is 4.79 Å². The Morgan fingerprint density at radius 3 is 2.77 bits per heavy atom. The van der Waals surface area contributed by atoms with E-state index in [1.165, 1.54) is 16.8 Å². The lowest BCUT2D eigenvalue weighted by Crippen LogP contribution is -2.37. The minimum Gasteiger partial charge on any atom is -0.359 e. The molecule has 0 bridgehead atoms. The predicted molar refractivity (Wildman–Crippen MR) is 91.5 cm³/mol.